The average Bonchev–Trinajstić information content (AvgIpc) is 3.41. The van der Waals surface area contributed by atoms with Gasteiger partial charge in [0.1, 0.15) is 5.76 Å². The van der Waals surface area contributed by atoms with E-state index in [0.717, 1.165) is 0 Å². The molecule has 2 aromatic heterocycles. The molecule has 2 fully saturated rings. The summed E-state index contributed by atoms with van der Waals surface area (Å²) in [4.78, 5) is 26.9. The summed E-state index contributed by atoms with van der Waals surface area (Å²) in [5.74, 6) is 0.856. The van der Waals surface area contributed by atoms with Crippen LogP contribution in [0.2, 0.25) is 0 Å². The number of fused-ring (bicyclic) bond motifs is 1. The SMILES string of the molecule is COc1cc(C(=O)N2C[C@@H]3COC[C@]3(CC(=O)NCc3ccco3)C2)on1. The van der Waals surface area contributed by atoms with Gasteiger partial charge in [0.05, 0.1) is 39.2 Å². The lowest BCUT2D eigenvalue weighted by Gasteiger charge is -2.26. The highest BCUT2D eigenvalue weighted by Crippen LogP contribution is 2.44. The molecule has 0 spiro atoms. The summed E-state index contributed by atoms with van der Waals surface area (Å²) < 4.78 is 20.9. The number of hydrogen-bond donors (Lipinski definition) is 1. The van der Waals surface area contributed by atoms with Crippen LogP contribution in [-0.4, -0.2) is 55.3 Å². The Labute approximate surface area is 155 Å². The van der Waals surface area contributed by atoms with Gasteiger partial charge in [-0.15, -0.1) is 0 Å². The maximum atomic E-state index is 12.7. The van der Waals surface area contributed by atoms with Gasteiger partial charge < -0.3 is 28.6 Å². The third kappa shape index (κ3) is 3.42. The zero-order valence-corrected chi connectivity index (χ0v) is 15.0. The van der Waals surface area contributed by atoms with Crippen LogP contribution in [0.15, 0.2) is 33.4 Å². The lowest BCUT2D eigenvalue weighted by Crippen LogP contribution is -2.38. The van der Waals surface area contributed by atoms with Gasteiger partial charge in [0, 0.05) is 30.8 Å². The molecular formula is C18H21N3O6. The molecule has 1 N–H and O–H groups in total. The predicted octanol–water partition coefficient (Wildman–Crippen LogP) is 1.07. The number of nitrogens with one attached hydrogen (secondary N) is 1. The van der Waals surface area contributed by atoms with E-state index in [2.05, 4.69) is 10.5 Å². The maximum absolute atomic E-state index is 12.7. The minimum Gasteiger partial charge on any atom is -0.479 e. The van der Waals surface area contributed by atoms with Crippen molar-refractivity contribution in [3.63, 3.8) is 0 Å². The fourth-order valence-corrected chi connectivity index (χ4v) is 3.83. The van der Waals surface area contributed by atoms with Gasteiger partial charge in [0.15, 0.2) is 0 Å². The number of nitrogens with zero attached hydrogens (tertiary/aromatic N) is 2. The zero-order valence-electron chi connectivity index (χ0n) is 15.0. The molecule has 2 aromatic rings. The predicted molar refractivity (Wildman–Crippen MR) is 90.9 cm³/mol. The van der Waals surface area contributed by atoms with Crippen LogP contribution >= 0.6 is 0 Å². The second kappa shape index (κ2) is 7.07. The highest BCUT2D eigenvalue weighted by atomic mass is 16.5. The highest BCUT2D eigenvalue weighted by Gasteiger charge is 2.53. The standard InChI is InChI=1S/C18H21N3O6/c1-24-16-5-14(27-20-16)17(23)21-8-12-9-25-11-18(12,10-21)6-15(22)19-7-13-3-2-4-26-13/h2-5,12H,6-11H2,1H3,(H,19,22)/t12-,18+/m1/s1. The van der Waals surface area contributed by atoms with Crippen molar-refractivity contribution in [1.29, 1.82) is 0 Å². The summed E-state index contributed by atoms with van der Waals surface area (Å²) >= 11 is 0. The van der Waals surface area contributed by atoms with E-state index in [1.165, 1.54) is 13.2 Å². The van der Waals surface area contributed by atoms with E-state index in [1.807, 2.05) is 6.07 Å². The van der Waals surface area contributed by atoms with Crippen LogP contribution in [0.3, 0.4) is 0 Å². The largest absolute Gasteiger partial charge is 0.479 e. The van der Waals surface area contributed by atoms with Crippen LogP contribution in [0, 0.1) is 11.3 Å². The topological polar surface area (TPSA) is 107 Å². The zero-order chi connectivity index (χ0) is 18.9. The molecule has 2 aliphatic rings. The van der Waals surface area contributed by atoms with Gasteiger partial charge in [0.2, 0.25) is 11.7 Å². The Morgan fingerprint density at radius 3 is 3.11 bits per heavy atom. The number of likely N-dealkylation sites (tertiary alicyclic amines) is 1. The second-order valence-corrected chi connectivity index (χ2v) is 7.03. The van der Waals surface area contributed by atoms with Crippen molar-refractivity contribution >= 4 is 11.8 Å². The molecule has 4 rings (SSSR count). The Bertz CT molecular complexity index is 817. The van der Waals surface area contributed by atoms with Crippen LogP contribution in [0.25, 0.3) is 0 Å². The molecule has 2 aliphatic heterocycles. The summed E-state index contributed by atoms with van der Waals surface area (Å²) in [5, 5.41) is 6.54. The number of carbonyl (C=O) groups is 2. The first-order valence-electron chi connectivity index (χ1n) is 8.76. The Balaban J connectivity index is 1.40. The van der Waals surface area contributed by atoms with Crippen molar-refractivity contribution in [3.05, 3.63) is 36.0 Å². The quantitative estimate of drug-likeness (QED) is 0.805. The smallest absolute Gasteiger partial charge is 0.292 e. The molecule has 9 heteroatoms. The lowest BCUT2D eigenvalue weighted by molar-refractivity contribution is -0.124. The highest BCUT2D eigenvalue weighted by molar-refractivity contribution is 5.92. The normalized spacial score (nSPS) is 24.0. The van der Waals surface area contributed by atoms with Crippen molar-refractivity contribution in [2.75, 3.05) is 33.4 Å². The van der Waals surface area contributed by atoms with Crippen LogP contribution in [-0.2, 0) is 16.1 Å². The molecule has 2 amide bonds. The molecule has 0 saturated carbocycles. The van der Waals surface area contributed by atoms with E-state index >= 15 is 0 Å². The maximum Gasteiger partial charge on any atom is 0.292 e. The lowest BCUT2D eigenvalue weighted by atomic mass is 9.78. The summed E-state index contributed by atoms with van der Waals surface area (Å²) in [7, 11) is 1.46. The summed E-state index contributed by atoms with van der Waals surface area (Å²) in [6, 6.07) is 5.05. The van der Waals surface area contributed by atoms with Gasteiger partial charge in [-0.1, -0.05) is 0 Å². The molecule has 9 nitrogen and oxygen atoms in total. The summed E-state index contributed by atoms with van der Waals surface area (Å²) in [6.07, 6.45) is 1.86. The molecule has 0 bridgehead atoms. The molecule has 2 saturated heterocycles. The van der Waals surface area contributed by atoms with E-state index in [4.69, 9.17) is 18.4 Å². The summed E-state index contributed by atoms with van der Waals surface area (Å²) in [5.41, 5.74) is -0.382. The van der Waals surface area contributed by atoms with E-state index in [0.29, 0.717) is 45.0 Å². The molecule has 0 aromatic carbocycles. The van der Waals surface area contributed by atoms with E-state index in [-0.39, 0.29) is 34.8 Å². The molecule has 0 aliphatic carbocycles. The van der Waals surface area contributed by atoms with Crippen molar-refractivity contribution in [2.24, 2.45) is 11.3 Å². The van der Waals surface area contributed by atoms with Gasteiger partial charge in [-0.2, -0.15) is 0 Å². The number of aromatic nitrogens is 1. The minimum atomic E-state index is -0.382. The number of carbonyl (C=O) groups excluding carboxylic acids is 2. The van der Waals surface area contributed by atoms with Gasteiger partial charge in [-0.05, 0) is 17.3 Å². The molecule has 4 heterocycles. The van der Waals surface area contributed by atoms with Gasteiger partial charge in [-0.3, -0.25) is 9.59 Å². The molecule has 27 heavy (non-hydrogen) atoms. The van der Waals surface area contributed by atoms with Crippen LogP contribution in [0.5, 0.6) is 5.88 Å². The van der Waals surface area contributed by atoms with Crippen LogP contribution in [0.4, 0.5) is 0 Å². The molecule has 2 atom stereocenters. The Morgan fingerprint density at radius 1 is 1.48 bits per heavy atom. The number of rotatable bonds is 6. The number of amides is 2. The molecule has 0 unspecified atom stereocenters. The van der Waals surface area contributed by atoms with Crippen molar-refractivity contribution < 1.29 is 28.0 Å². The van der Waals surface area contributed by atoms with Gasteiger partial charge in [0.25, 0.3) is 11.8 Å². The van der Waals surface area contributed by atoms with Crippen LogP contribution in [0.1, 0.15) is 22.7 Å². The van der Waals surface area contributed by atoms with E-state index in [1.54, 1.807) is 17.2 Å². The Morgan fingerprint density at radius 2 is 2.37 bits per heavy atom. The first kappa shape index (κ1) is 17.6. The third-order valence-corrected chi connectivity index (χ3v) is 5.27. The number of methoxy groups -OCH3 is 1. The third-order valence-electron chi connectivity index (χ3n) is 5.27. The number of hydrogen-bond acceptors (Lipinski definition) is 7. The molecule has 144 valence electrons. The van der Waals surface area contributed by atoms with Crippen molar-refractivity contribution in [1.82, 2.24) is 15.4 Å². The van der Waals surface area contributed by atoms with Gasteiger partial charge in [-0.25, -0.2) is 0 Å². The van der Waals surface area contributed by atoms with Crippen molar-refractivity contribution in [3.8, 4) is 5.88 Å². The fourth-order valence-electron chi connectivity index (χ4n) is 3.83. The van der Waals surface area contributed by atoms with Crippen LogP contribution < -0.4 is 10.1 Å². The van der Waals surface area contributed by atoms with Crippen molar-refractivity contribution in [2.45, 2.75) is 13.0 Å². The average molecular weight is 375 g/mol. The monoisotopic (exact) mass is 375 g/mol. The molecular weight excluding hydrogens is 354 g/mol. The number of furan rings is 1. The second-order valence-electron chi connectivity index (χ2n) is 7.03. The van der Waals surface area contributed by atoms with E-state index in [9.17, 15) is 9.59 Å². The minimum absolute atomic E-state index is 0.0856. The Hall–Kier alpha value is -2.81. The summed E-state index contributed by atoms with van der Waals surface area (Å²) in [6.45, 7) is 2.29. The first-order chi connectivity index (χ1) is 13.1. The molecule has 0 radical (unpaired) electrons. The number of ether oxygens (including phenoxy) is 2. The first-order valence-corrected chi connectivity index (χ1v) is 8.76. The fraction of sp³-hybridized carbons (Fsp3) is 0.500. The van der Waals surface area contributed by atoms with E-state index < -0.39 is 0 Å². The Kier molecular flexibility index (Phi) is 4.61. The van der Waals surface area contributed by atoms with Gasteiger partial charge >= 0.3 is 0 Å².